The smallest absolute Gasteiger partial charge is 0.273 e. The standard InChI is InChI=1S/C32H35N3O6/c1-6-17-41-25-14-10-22(19-27(25)40-5)31-28-29(21-8-11-23(37-2)12-9-21)33-34-30(28)32(36)35(31)16-15-20-7-13-24(38-3)26(18-20)39-4/h7-14,18-19,31H,6,15-17H2,1-5H3,(H,33,34). The number of H-pyrrole nitrogens is 1. The first-order valence-corrected chi connectivity index (χ1v) is 13.6. The number of hydrogen-bond acceptors (Lipinski definition) is 7. The lowest BCUT2D eigenvalue weighted by Crippen LogP contribution is -2.31. The van der Waals surface area contributed by atoms with Crippen molar-refractivity contribution in [2.24, 2.45) is 0 Å². The van der Waals surface area contributed by atoms with E-state index in [0.29, 0.717) is 48.3 Å². The second-order valence-electron chi connectivity index (χ2n) is 9.69. The van der Waals surface area contributed by atoms with Crippen LogP contribution in [0, 0.1) is 0 Å². The Hall–Kier alpha value is -4.66. The minimum absolute atomic E-state index is 0.108. The van der Waals surface area contributed by atoms with E-state index in [2.05, 4.69) is 17.1 Å². The van der Waals surface area contributed by atoms with Gasteiger partial charge in [0.25, 0.3) is 5.91 Å². The lowest BCUT2D eigenvalue weighted by molar-refractivity contribution is 0.0745. The summed E-state index contributed by atoms with van der Waals surface area (Å²) in [6, 6.07) is 19.0. The Morgan fingerprint density at radius 1 is 0.829 bits per heavy atom. The molecule has 0 saturated carbocycles. The molecule has 5 rings (SSSR count). The predicted octanol–water partition coefficient (Wildman–Crippen LogP) is 5.69. The van der Waals surface area contributed by atoms with Gasteiger partial charge in [-0.15, -0.1) is 0 Å². The lowest BCUT2D eigenvalue weighted by Gasteiger charge is -2.27. The molecule has 9 nitrogen and oxygen atoms in total. The maximum absolute atomic E-state index is 13.9. The third-order valence-electron chi connectivity index (χ3n) is 7.28. The summed E-state index contributed by atoms with van der Waals surface area (Å²) in [5.74, 6) is 3.24. The molecule has 1 atom stereocenters. The van der Waals surface area contributed by atoms with Crippen molar-refractivity contribution in [1.29, 1.82) is 0 Å². The molecule has 0 spiro atoms. The predicted molar refractivity (Wildman–Crippen MR) is 155 cm³/mol. The molecule has 0 fully saturated rings. The molecule has 1 amide bonds. The number of benzene rings is 3. The highest BCUT2D eigenvalue weighted by Gasteiger charge is 2.42. The Kier molecular flexibility index (Phi) is 8.33. The van der Waals surface area contributed by atoms with Crippen LogP contribution >= 0.6 is 0 Å². The average Bonchev–Trinajstić information content (AvgIpc) is 3.57. The highest BCUT2D eigenvalue weighted by Crippen LogP contribution is 2.45. The van der Waals surface area contributed by atoms with Crippen LogP contribution in [0.1, 0.15) is 46.6 Å². The Bertz CT molecular complexity index is 1510. The van der Waals surface area contributed by atoms with E-state index in [0.717, 1.165) is 40.1 Å². The zero-order chi connectivity index (χ0) is 28.9. The number of nitrogens with zero attached hydrogens (tertiary/aromatic N) is 2. The van der Waals surface area contributed by atoms with Crippen LogP contribution in [0.15, 0.2) is 60.7 Å². The molecule has 4 aromatic rings. The number of carbonyl (C=O) groups excluding carboxylic acids is 1. The molecule has 1 aromatic heterocycles. The van der Waals surface area contributed by atoms with E-state index in [1.54, 1.807) is 28.4 Å². The largest absolute Gasteiger partial charge is 0.497 e. The number of carbonyl (C=O) groups is 1. The van der Waals surface area contributed by atoms with Crippen molar-refractivity contribution < 1.29 is 28.5 Å². The third kappa shape index (κ3) is 5.39. The number of aromatic nitrogens is 2. The second-order valence-corrected chi connectivity index (χ2v) is 9.69. The Balaban J connectivity index is 1.55. The fourth-order valence-electron chi connectivity index (χ4n) is 5.21. The zero-order valence-electron chi connectivity index (χ0n) is 24.0. The van der Waals surface area contributed by atoms with Crippen LogP contribution in [0.2, 0.25) is 0 Å². The van der Waals surface area contributed by atoms with E-state index in [9.17, 15) is 4.79 Å². The van der Waals surface area contributed by atoms with E-state index in [-0.39, 0.29) is 11.9 Å². The summed E-state index contributed by atoms with van der Waals surface area (Å²) in [6.45, 7) is 3.12. The van der Waals surface area contributed by atoms with Crippen LogP contribution in [0.4, 0.5) is 0 Å². The maximum atomic E-state index is 13.9. The van der Waals surface area contributed by atoms with Gasteiger partial charge in [-0.3, -0.25) is 9.89 Å². The molecule has 0 bridgehead atoms. The molecule has 0 saturated heterocycles. The number of ether oxygens (including phenoxy) is 5. The van der Waals surface area contributed by atoms with E-state index in [1.165, 1.54) is 0 Å². The van der Waals surface area contributed by atoms with Gasteiger partial charge in [0.2, 0.25) is 0 Å². The van der Waals surface area contributed by atoms with Gasteiger partial charge in [0.1, 0.15) is 11.4 Å². The molecule has 0 radical (unpaired) electrons. The highest BCUT2D eigenvalue weighted by atomic mass is 16.5. The molecular weight excluding hydrogens is 522 g/mol. The summed E-state index contributed by atoms with van der Waals surface area (Å²) >= 11 is 0. The van der Waals surface area contributed by atoms with Gasteiger partial charge in [-0.2, -0.15) is 5.10 Å². The van der Waals surface area contributed by atoms with Crippen LogP contribution in [-0.4, -0.2) is 62.6 Å². The van der Waals surface area contributed by atoms with Gasteiger partial charge in [-0.1, -0.05) is 19.1 Å². The van der Waals surface area contributed by atoms with Crippen molar-refractivity contribution in [3.63, 3.8) is 0 Å². The van der Waals surface area contributed by atoms with Crippen molar-refractivity contribution in [3.8, 4) is 40.0 Å². The average molecular weight is 558 g/mol. The van der Waals surface area contributed by atoms with Crippen LogP contribution in [0.3, 0.4) is 0 Å². The molecule has 1 unspecified atom stereocenters. The summed E-state index contributed by atoms with van der Waals surface area (Å²) in [5.41, 5.74) is 4.85. The van der Waals surface area contributed by atoms with Gasteiger partial charge in [0.15, 0.2) is 23.0 Å². The quantitative estimate of drug-likeness (QED) is 0.239. The highest BCUT2D eigenvalue weighted by molar-refractivity contribution is 6.00. The second kappa shape index (κ2) is 12.2. The number of amides is 1. The van der Waals surface area contributed by atoms with E-state index < -0.39 is 0 Å². The normalized spacial score (nSPS) is 14.1. The maximum Gasteiger partial charge on any atom is 0.273 e. The number of methoxy groups -OCH3 is 4. The molecule has 9 heteroatoms. The Morgan fingerprint density at radius 3 is 2.22 bits per heavy atom. The Morgan fingerprint density at radius 2 is 1.54 bits per heavy atom. The minimum Gasteiger partial charge on any atom is -0.497 e. The van der Waals surface area contributed by atoms with E-state index in [4.69, 9.17) is 23.7 Å². The summed E-state index contributed by atoms with van der Waals surface area (Å²) < 4.78 is 27.8. The summed E-state index contributed by atoms with van der Waals surface area (Å²) in [6.07, 6.45) is 1.50. The third-order valence-corrected chi connectivity index (χ3v) is 7.28. The van der Waals surface area contributed by atoms with Crippen molar-refractivity contribution in [2.45, 2.75) is 25.8 Å². The monoisotopic (exact) mass is 557 g/mol. The molecule has 0 aliphatic carbocycles. The lowest BCUT2D eigenvalue weighted by atomic mass is 9.95. The molecule has 214 valence electrons. The van der Waals surface area contributed by atoms with Gasteiger partial charge in [-0.25, -0.2) is 0 Å². The summed E-state index contributed by atoms with van der Waals surface area (Å²) in [7, 11) is 6.48. The van der Waals surface area contributed by atoms with Crippen molar-refractivity contribution in [1.82, 2.24) is 15.1 Å². The topological polar surface area (TPSA) is 95.1 Å². The zero-order valence-corrected chi connectivity index (χ0v) is 24.0. The van der Waals surface area contributed by atoms with Crippen molar-refractivity contribution >= 4 is 5.91 Å². The van der Waals surface area contributed by atoms with Crippen molar-refractivity contribution in [3.05, 3.63) is 83.0 Å². The summed E-state index contributed by atoms with van der Waals surface area (Å²) in [5, 5.41) is 7.61. The van der Waals surface area contributed by atoms with E-state index >= 15 is 0 Å². The molecule has 2 heterocycles. The van der Waals surface area contributed by atoms with E-state index in [1.807, 2.05) is 65.6 Å². The number of nitrogens with one attached hydrogen (secondary N) is 1. The van der Waals surface area contributed by atoms with Gasteiger partial charge in [0, 0.05) is 17.7 Å². The van der Waals surface area contributed by atoms with Crippen LogP contribution in [0.5, 0.6) is 28.7 Å². The van der Waals surface area contributed by atoms with Gasteiger partial charge >= 0.3 is 0 Å². The van der Waals surface area contributed by atoms with Crippen LogP contribution in [0.25, 0.3) is 11.3 Å². The molecule has 3 aromatic carbocycles. The molecule has 1 aliphatic heterocycles. The first-order chi connectivity index (χ1) is 20.0. The SMILES string of the molecule is CCCOc1ccc(C2c3c(-c4ccc(OC)cc4)n[nH]c3C(=O)N2CCc2ccc(OC)c(OC)c2)cc1OC. The Labute approximate surface area is 239 Å². The number of aromatic amines is 1. The van der Waals surface area contributed by atoms with Crippen molar-refractivity contribution in [2.75, 3.05) is 41.6 Å². The van der Waals surface area contributed by atoms with Gasteiger partial charge < -0.3 is 28.6 Å². The fourth-order valence-corrected chi connectivity index (χ4v) is 5.21. The van der Waals surface area contributed by atoms with Crippen LogP contribution < -0.4 is 23.7 Å². The number of rotatable bonds is 12. The number of fused-ring (bicyclic) bond motifs is 1. The molecule has 1 aliphatic rings. The first-order valence-electron chi connectivity index (χ1n) is 13.6. The van der Waals surface area contributed by atoms with Gasteiger partial charge in [-0.05, 0) is 72.5 Å². The van der Waals surface area contributed by atoms with Gasteiger partial charge in [0.05, 0.1) is 46.8 Å². The first kappa shape index (κ1) is 27.9. The van der Waals surface area contributed by atoms with Crippen LogP contribution in [-0.2, 0) is 6.42 Å². The summed E-state index contributed by atoms with van der Waals surface area (Å²) in [4.78, 5) is 15.8. The molecule has 1 N–H and O–H groups in total. The molecule has 41 heavy (non-hydrogen) atoms. The fraction of sp³-hybridized carbons (Fsp3) is 0.312. The number of hydrogen-bond donors (Lipinski definition) is 1. The minimum atomic E-state index is -0.386. The molecular formula is C32H35N3O6.